The molecule has 11 heteroatoms. The van der Waals surface area contributed by atoms with Gasteiger partial charge in [-0.1, -0.05) is 13.8 Å². The van der Waals surface area contributed by atoms with Crippen LogP contribution in [0.4, 0.5) is 19.1 Å². The van der Waals surface area contributed by atoms with Crippen molar-refractivity contribution in [2.24, 2.45) is 0 Å². The zero-order chi connectivity index (χ0) is 19.9. The van der Waals surface area contributed by atoms with E-state index in [0.717, 1.165) is 0 Å². The number of carbonyl (C=O) groups is 1. The Kier molecular flexibility index (Phi) is 4.62. The van der Waals surface area contributed by atoms with Gasteiger partial charge in [-0.2, -0.15) is 23.3 Å². The minimum atomic E-state index is -4.68. The van der Waals surface area contributed by atoms with Crippen LogP contribution in [0.1, 0.15) is 61.5 Å². The number of fused-ring (bicyclic) bond motifs is 1. The lowest BCUT2D eigenvalue weighted by molar-refractivity contribution is -0.144. The average molecular weight is 381 g/mol. The van der Waals surface area contributed by atoms with E-state index in [2.05, 4.69) is 25.5 Å². The summed E-state index contributed by atoms with van der Waals surface area (Å²) in [5, 5.41) is 12.2. The van der Waals surface area contributed by atoms with Gasteiger partial charge in [0.15, 0.2) is 5.65 Å². The van der Waals surface area contributed by atoms with Crippen molar-refractivity contribution in [3.8, 4) is 0 Å². The van der Waals surface area contributed by atoms with Crippen LogP contribution in [0.2, 0.25) is 0 Å². The summed E-state index contributed by atoms with van der Waals surface area (Å²) >= 11 is 0. The minimum Gasteiger partial charge on any atom is -0.289 e. The fourth-order valence-electron chi connectivity index (χ4n) is 2.51. The lowest BCUT2D eigenvalue weighted by Crippen LogP contribution is -2.15. The van der Waals surface area contributed by atoms with Crippen molar-refractivity contribution >= 4 is 22.9 Å². The van der Waals surface area contributed by atoms with Gasteiger partial charge in [-0.25, -0.2) is 9.67 Å². The zero-order valence-electron chi connectivity index (χ0n) is 15.1. The number of amides is 1. The first-order chi connectivity index (χ1) is 12.6. The predicted octanol–water partition coefficient (Wildman–Crippen LogP) is 3.52. The Morgan fingerprint density at radius 1 is 1.22 bits per heavy atom. The highest BCUT2D eigenvalue weighted by molar-refractivity contribution is 6.11. The normalized spacial score (nSPS) is 12.3. The second-order valence-electron chi connectivity index (χ2n) is 6.63. The van der Waals surface area contributed by atoms with Crippen molar-refractivity contribution in [2.45, 2.75) is 45.8 Å². The Balaban J connectivity index is 2.02. The maximum absolute atomic E-state index is 12.7. The van der Waals surface area contributed by atoms with E-state index in [1.54, 1.807) is 15.8 Å². The number of carbonyl (C=O) groups excluding carboxylic acids is 1. The van der Waals surface area contributed by atoms with Crippen LogP contribution in [0.5, 0.6) is 0 Å². The molecule has 3 rings (SSSR count). The third-order valence-corrected chi connectivity index (χ3v) is 3.89. The molecule has 3 aromatic heterocycles. The Morgan fingerprint density at radius 3 is 2.48 bits per heavy atom. The molecular formula is C16H18F3N7O. The number of hydrogen-bond acceptors (Lipinski definition) is 5. The number of nitrogens with one attached hydrogen (secondary N) is 2. The van der Waals surface area contributed by atoms with E-state index in [4.69, 9.17) is 0 Å². The molecule has 1 amide bonds. The molecule has 3 heterocycles. The number of H-pyrrole nitrogens is 1. The van der Waals surface area contributed by atoms with Gasteiger partial charge in [0.1, 0.15) is 0 Å². The molecule has 0 aliphatic heterocycles. The SMILES string of the molecule is CC(C)c1cc(C(=O)Nc2n[nH]c(C(F)(F)F)n2)c2cnn(C(C)C)c2n1. The molecule has 0 aliphatic rings. The largest absolute Gasteiger partial charge is 0.451 e. The van der Waals surface area contributed by atoms with E-state index in [-0.39, 0.29) is 17.5 Å². The van der Waals surface area contributed by atoms with Gasteiger partial charge in [-0.15, -0.1) is 5.10 Å². The first-order valence-corrected chi connectivity index (χ1v) is 8.27. The maximum Gasteiger partial charge on any atom is 0.451 e. The zero-order valence-corrected chi connectivity index (χ0v) is 15.1. The smallest absolute Gasteiger partial charge is 0.289 e. The molecule has 0 bridgehead atoms. The number of aromatic amines is 1. The summed E-state index contributed by atoms with van der Waals surface area (Å²) in [7, 11) is 0. The molecule has 2 N–H and O–H groups in total. The van der Waals surface area contributed by atoms with Crippen LogP contribution in [0.25, 0.3) is 11.0 Å². The Morgan fingerprint density at radius 2 is 1.93 bits per heavy atom. The second kappa shape index (κ2) is 6.63. The van der Waals surface area contributed by atoms with Crippen LogP contribution < -0.4 is 5.32 Å². The molecule has 0 unspecified atom stereocenters. The van der Waals surface area contributed by atoms with Gasteiger partial charge in [-0.3, -0.25) is 15.2 Å². The summed E-state index contributed by atoms with van der Waals surface area (Å²) in [5.41, 5.74) is 1.45. The molecular weight excluding hydrogens is 363 g/mol. The number of rotatable bonds is 4. The summed E-state index contributed by atoms with van der Waals surface area (Å²) in [4.78, 5) is 20.5. The molecule has 8 nitrogen and oxygen atoms in total. The molecule has 0 aliphatic carbocycles. The molecule has 0 saturated heterocycles. The molecule has 144 valence electrons. The van der Waals surface area contributed by atoms with Crippen molar-refractivity contribution in [3.63, 3.8) is 0 Å². The van der Waals surface area contributed by atoms with Gasteiger partial charge in [0, 0.05) is 11.7 Å². The van der Waals surface area contributed by atoms with Crippen LogP contribution in [0, 0.1) is 0 Å². The van der Waals surface area contributed by atoms with Crippen LogP contribution in [-0.4, -0.2) is 35.9 Å². The number of alkyl halides is 3. The quantitative estimate of drug-likeness (QED) is 0.720. The van der Waals surface area contributed by atoms with Gasteiger partial charge in [0.25, 0.3) is 5.91 Å². The average Bonchev–Trinajstić information content (AvgIpc) is 3.19. The van der Waals surface area contributed by atoms with E-state index in [9.17, 15) is 18.0 Å². The van der Waals surface area contributed by atoms with E-state index in [0.29, 0.717) is 16.7 Å². The highest BCUT2D eigenvalue weighted by atomic mass is 19.4. The molecule has 0 atom stereocenters. The maximum atomic E-state index is 12.7. The van der Waals surface area contributed by atoms with Crippen molar-refractivity contribution in [1.82, 2.24) is 29.9 Å². The number of halogens is 3. The lowest BCUT2D eigenvalue weighted by Gasteiger charge is -2.11. The number of aromatic nitrogens is 6. The molecule has 0 radical (unpaired) electrons. The summed E-state index contributed by atoms with van der Waals surface area (Å²) in [6, 6.07) is 1.63. The van der Waals surface area contributed by atoms with Crippen molar-refractivity contribution in [3.05, 3.63) is 29.3 Å². The number of nitrogens with zero attached hydrogens (tertiary/aromatic N) is 5. The third kappa shape index (κ3) is 3.62. The van der Waals surface area contributed by atoms with Crippen molar-refractivity contribution in [1.29, 1.82) is 0 Å². The third-order valence-electron chi connectivity index (χ3n) is 3.89. The predicted molar refractivity (Wildman–Crippen MR) is 91.3 cm³/mol. The second-order valence-corrected chi connectivity index (χ2v) is 6.63. The van der Waals surface area contributed by atoms with Crippen molar-refractivity contribution in [2.75, 3.05) is 5.32 Å². The number of hydrogen-bond donors (Lipinski definition) is 2. The highest BCUT2D eigenvalue weighted by Crippen LogP contribution is 2.27. The fraction of sp³-hybridized carbons (Fsp3) is 0.438. The van der Waals surface area contributed by atoms with Gasteiger partial charge in [0.05, 0.1) is 17.1 Å². The fourth-order valence-corrected chi connectivity index (χ4v) is 2.51. The van der Waals surface area contributed by atoms with Crippen LogP contribution in [0.15, 0.2) is 12.3 Å². The van der Waals surface area contributed by atoms with Crippen LogP contribution in [-0.2, 0) is 6.18 Å². The van der Waals surface area contributed by atoms with Crippen LogP contribution in [0.3, 0.4) is 0 Å². The Hall–Kier alpha value is -2.98. The van der Waals surface area contributed by atoms with E-state index in [1.165, 1.54) is 6.20 Å². The van der Waals surface area contributed by atoms with Crippen molar-refractivity contribution < 1.29 is 18.0 Å². The monoisotopic (exact) mass is 381 g/mol. The molecule has 0 aromatic carbocycles. The minimum absolute atomic E-state index is 0.0238. The molecule has 0 spiro atoms. The van der Waals surface area contributed by atoms with Crippen LogP contribution >= 0.6 is 0 Å². The summed E-state index contributed by atoms with van der Waals surface area (Å²) in [6.45, 7) is 7.72. The number of anilines is 1. The van der Waals surface area contributed by atoms with Gasteiger partial charge in [0.2, 0.25) is 11.8 Å². The Bertz CT molecular complexity index is 988. The molecule has 0 saturated carbocycles. The first kappa shape index (κ1) is 18.8. The van der Waals surface area contributed by atoms with Gasteiger partial charge >= 0.3 is 6.18 Å². The topological polar surface area (TPSA) is 101 Å². The van der Waals surface area contributed by atoms with E-state index < -0.39 is 23.9 Å². The van der Waals surface area contributed by atoms with E-state index in [1.807, 2.05) is 27.7 Å². The lowest BCUT2D eigenvalue weighted by atomic mass is 10.0. The van der Waals surface area contributed by atoms with Gasteiger partial charge < -0.3 is 0 Å². The number of pyridine rings is 1. The Labute approximate surface area is 152 Å². The summed E-state index contributed by atoms with van der Waals surface area (Å²) in [5.74, 6) is -2.34. The summed E-state index contributed by atoms with van der Waals surface area (Å²) in [6.07, 6.45) is -3.16. The summed E-state index contributed by atoms with van der Waals surface area (Å²) < 4.78 is 39.6. The molecule has 3 aromatic rings. The van der Waals surface area contributed by atoms with Gasteiger partial charge in [-0.05, 0) is 25.8 Å². The highest BCUT2D eigenvalue weighted by Gasteiger charge is 2.35. The molecule has 0 fully saturated rings. The standard InChI is InChI=1S/C16H18F3N7O/c1-7(2)11-5-9(10-6-20-26(8(3)4)12(10)21-11)13(27)22-15-23-14(24-25-15)16(17,18)19/h5-8H,1-4H3,(H2,22,23,24,25,27). The van der Waals surface area contributed by atoms with E-state index >= 15 is 0 Å². The molecule has 27 heavy (non-hydrogen) atoms. The first-order valence-electron chi connectivity index (χ1n) is 8.27.